The van der Waals surface area contributed by atoms with Gasteiger partial charge in [0.15, 0.2) is 0 Å². The highest BCUT2D eigenvalue weighted by atomic mass is 16.7. The number of rotatable bonds is 39. The summed E-state index contributed by atoms with van der Waals surface area (Å²) in [5.41, 5.74) is 3.39. The quantitative estimate of drug-likeness (QED) is 0.0396. The standard InChI is InChI=1S/C46H88N2O/c1-6-9-11-13-15-17-19-21-23-25-27-29-31-33-35-37-42-46(49-47-44-39-41-45(40-8-3)48(4)5)43-38-36-34-32-30-28-26-24-22-20-18-16-14-12-10-7-2/h15-18,21-24,45-47H,6-14,19-20,25-44H2,1-5H3/b17-15-,18-16-,23-21-,24-22-. The van der Waals surface area contributed by atoms with Gasteiger partial charge in [-0.3, -0.25) is 4.84 Å². The zero-order valence-electron chi connectivity index (χ0n) is 34.0. The van der Waals surface area contributed by atoms with Gasteiger partial charge in [-0.2, -0.15) is 0 Å². The summed E-state index contributed by atoms with van der Waals surface area (Å²) >= 11 is 0. The van der Waals surface area contributed by atoms with Gasteiger partial charge in [-0.05, 0) is 110 Å². The molecular formula is C46H88N2O. The Morgan fingerprint density at radius 1 is 0.429 bits per heavy atom. The molecule has 0 aromatic heterocycles. The van der Waals surface area contributed by atoms with Crippen molar-refractivity contribution in [3.05, 3.63) is 48.6 Å². The minimum Gasteiger partial charge on any atom is -0.306 e. The summed E-state index contributed by atoms with van der Waals surface area (Å²) < 4.78 is 0. The molecule has 0 heterocycles. The number of nitrogens with zero attached hydrogens (tertiary/aromatic N) is 1. The molecule has 0 aromatic carbocycles. The van der Waals surface area contributed by atoms with Crippen molar-refractivity contribution in [1.29, 1.82) is 0 Å². The van der Waals surface area contributed by atoms with Crippen molar-refractivity contribution >= 4 is 0 Å². The predicted molar refractivity (Wildman–Crippen MR) is 222 cm³/mol. The van der Waals surface area contributed by atoms with Crippen LogP contribution in [0.25, 0.3) is 0 Å². The van der Waals surface area contributed by atoms with Gasteiger partial charge in [0.25, 0.3) is 0 Å². The Labute approximate surface area is 309 Å². The van der Waals surface area contributed by atoms with Gasteiger partial charge in [0, 0.05) is 12.6 Å². The molecule has 0 saturated carbocycles. The van der Waals surface area contributed by atoms with Crippen LogP contribution in [0.3, 0.4) is 0 Å². The summed E-state index contributed by atoms with van der Waals surface area (Å²) in [6.07, 6.45) is 58.1. The minimum absolute atomic E-state index is 0.372. The average Bonchev–Trinajstić information content (AvgIpc) is 3.10. The van der Waals surface area contributed by atoms with E-state index in [1.165, 1.54) is 180 Å². The first-order chi connectivity index (χ1) is 24.2. The van der Waals surface area contributed by atoms with E-state index >= 15 is 0 Å². The second kappa shape index (κ2) is 41.3. The molecule has 288 valence electrons. The fourth-order valence-corrected chi connectivity index (χ4v) is 6.56. The molecule has 0 radical (unpaired) electrons. The molecule has 0 amide bonds. The molecule has 3 nitrogen and oxygen atoms in total. The third kappa shape index (κ3) is 37.9. The van der Waals surface area contributed by atoms with E-state index in [1.807, 2.05) is 0 Å². The van der Waals surface area contributed by atoms with E-state index in [0.717, 1.165) is 19.4 Å². The van der Waals surface area contributed by atoms with Crippen LogP contribution in [0.2, 0.25) is 0 Å². The normalized spacial score (nSPS) is 13.2. The van der Waals surface area contributed by atoms with E-state index in [0.29, 0.717) is 12.1 Å². The average molecular weight is 685 g/mol. The van der Waals surface area contributed by atoms with Crippen molar-refractivity contribution in [3.8, 4) is 0 Å². The number of allylic oxidation sites excluding steroid dienone is 8. The topological polar surface area (TPSA) is 24.5 Å². The molecule has 1 N–H and O–H groups in total. The van der Waals surface area contributed by atoms with Crippen LogP contribution in [0.5, 0.6) is 0 Å². The second-order valence-electron chi connectivity index (χ2n) is 14.9. The summed E-state index contributed by atoms with van der Waals surface area (Å²) in [5, 5.41) is 0. The van der Waals surface area contributed by atoms with E-state index in [9.17, 15) is 0 Å². The van der Waals surface area contributed by atoms with Crippen molar-refractivity contribution in [1.82, 2.24) is 10.4 Å². The van der Waals surface area contributed by atoms with Crippen molar-refractivity contribution in [3.63, 3.8) is 0 Å². The molecule has 0 fully saturated rings. The van der Waals surface area contributed by atoms with Gasteiger partial charge in [-0.15, -0.1) is 0 Å². The SMILES string of the molecule is CCCCC/C=C\C/C=C\CCCCCCCCC(CCCCCCCC/C=C\C/C=C\CCCCC)ONCCCC(CCC)N(C)C. The number of unbranched alkanes of at least 4 members (excludes halogenated alkanes) is 18. The number of hydrogen-bond acceptors (Lipinski definition) is 3. The van der Waals surface area contributed by atoms with Crippen LogP contribution >= 0.6 is 0 Å². The molecule has 1 unspecified atom stereocenters. The maximum atomic E-state index is 6.30. The molecule has 49 heavy (non-hydrogen) atoms. The summed E-state index contributed by atoms with van der Waals surface area (Å²) in [7, 11) is 4.44. The highest BCUT2D eigenvalue weighted by Crippen LogP contribution is 2.17. The largest absolute Gasteiger partial charge is 0.306 e. The molecule has 0 bridgehead atoms. The monoisotopic (exact) mass is 685 g/mol. The Morgan fingerprint density at radius 2 is 0.837 bits per heavy atom. The molecule has 0 aliphatic heterocycles. The Hall–Kier alpha value is -1.16. The Kier molecular flexibility index (Phi) is 40.3. The maximum absolute atomic E-state index is 6.30. The van der Waals surface area contributed by atoms with E-state index in [-0.39, 0.29) is 0 Å². The Morgan fingerprint density at radius 3 is 1.24 bits per heavy atom. The van der Waals surface area contributed by atoms with Crippen LogP contribution in [-0.4, -0.2) is 37.7 Å². The summed E-state index contributed by atoms with van der Waals surface area (Å²) in [6, 6.07) is 0.694. The van der Waals surface area contributed by atoms with Crippen LogP contribution in [0.1, 0.15) is 213 Å². The maximum Gasteiger partial charge on any atom is 0.0790 e. The third-order valence-electron chi connectivity index (χ3n) is 9.87. The predicted octanol–water partition coefficient (Wildman–Crippen LogP) is 14.8. The Bertz CT molecular complexity index is 691. The van der Waals surface area contributed by atoms with Gasteiger partial charge in [0.1, 0.15) is 0 Å². The first-order valence-corrected chi connectivity index (χ1v) is 21.8. The second-order valence-corrected chi connectivity index (χ2v) is 14.9. The van der Waals surface area contributed by atoms with E-state index in [1.54, 1.807) is 0 Å². The molecule has 0 saturated heterocycles. The summed E-state index contributed by atoms with van der Waals surface area (Å²) in [6.45, 7) is 7.81. The van der Waals surface area contributed by atoms with Crippen LogP contribution in [0.15, 0.2) is 48.6 Å². The van der Waals surface area contributed by atoms with Crippen molar-refractivity contribution in [2.24, 2.45) is 0 Å². The molecule has 0 spiro atoms. The fraction of sp³-hybridized carbons (Fsp3) is 0.826. The van der Waals surface area contributed by atoms with Gasteiger partial charge >= 0.3 is 0 Å². The zero-order valence-corrected chi connectivity index (χ0v) is 34.0. The lowest BCUT2D eigenvalue weighted by Crippen LogP contribution is -2.30. The Balaban J connectivity index is 4.12. The third-order valence-corrected chi connectivity index (χ3v) is 9.87. The number of hydrogen-bond donors (Lipinski definition) is 1. The first kappa shape index (κ1) is 47.8. The molecule has 0 rings (SSSR count). The van der Waals surface area contributed by atoms with Crippen LogP contribution in [-0.2, 0) is 4.84 Å². The van der Waals surface area contributed by atoms with Crippen molar-refractivity contribution in [2.75, 3.05) is 20.6 Å². The van der Waals surface area contributed by atoms with Gasteiger partial charge in [0.05, 0.1) is 6.10 Å². The van der Waals surface area contributed by atoms with Gasteiger partial charge < -0.3 is 4.90 Å². The minimum atomic E-state index is 0.372. The summed E-state index contributed by atoms with van der Waals surface area (Å²) in [4.78, 5) is 8.70. The van der Waals surface area contributed by atoms with Crippen LogP contribution < -0.4 is 5.48 Å². The summed E-state index contributed by atoms with van der Waals surface area (Å²) in [5.74, 6) is 0. The first-order valence-electron chi connectivity index (χ1n) is 21.8. The van der Waals surface area contributed by atoms with Gasteiger partial charge in [-0.1, -0.05) is 166 Å². The molecule has 3 heteroatoms. The lowest BCUT2D eigenvalue weighted by atomic mass is 10.0. The smallest absolute Gasteiger partial charge is 0.0790 e. The van der Waals surface area contributed by atoms with E-state index < -0.39 is 0 Å². The van der Waals surface area contributed by atoms with E-state index in [4.69, 9.17) is 4.84 Å². The van der Waals surface area contributed by atoms with Crippen molar-refractivity contribution in [2.45, 2.75) is 226 Å². The van der Waals surface area contributed by atoms with E-state index in [2.05, 4.69) is 93.9 Å². The number of nitrogens with one attached hydrogen (secondary N) is 1. The molecular weight excluding hydrogens is 597 g/mol. The molecule has 0 aliphatic rings. The lowest BCUT2D eigenvalue weighted by Gasteiger charge is -2.24. The highest BCUT2D eigenvalue weighted by molar-refractivity contribution is 4.93. The molecule has 1 atom stereocenters. The van der Waals surface area contributed by atoms with Crippen molar-refractivity contribution < 1.29 is 4.84 Å². The molecule has 0 aromatic rings. The fourth-order valence-electron chi connectivity index (χ4n) is 6.56. The van der Waals surface area contributed by atoms with Crippen LogP contribution in [0, 0.1) is 0 Å². The number of hydroxylamine groups is 1. The highest BCUT2D eigenvalue weighted by Gasteiger charge is 2.12. The van der Waals surface area contributed by atoms with Gasteiger partial charge in [-0.25, -0.2) is 5.48 Å². The lowest BCUT2D eigenvalue weighted by molar-refractivity contribution is -0.0358. The van der Waals surface area contributed by atoms with Gasteiger partial charge in [0.2, 0.25) is 0 Å². The zero-order chi connectivity index (χ0) is 35.7. The molecule has 0 aliphatic carbocycles. The van der Waals surface area contributed by atoms with Crippen LogP contribution in [0.4, 0.5) is 0 Å².